The van der Waals surface area contributed by atoms with Crippen LogP contribution in [0.2, 0.25) is 0 Å². The van der Waals surface area contributed by atoms with Gasteiger partial charge in [-0.05, 0) is 12.8 Å². The van der Waals surface area contributed by atoms with Crippen molar-refractivity contribution in [2.45, 2.75) is 45.1 Å². The number of nitrogen functional groups attached to an aromatic ring is 1. The molecule has 102 valence electrons. The Morgan fingerprint density at radius 1 is 1.44 bits per heavy atom. The highest BCUT2D eigenvalue weighted by molar-refractivity contribution is 7.91. The molecule has 0 radical (unpaired) electrons. The van der Waals surface area contributed by atoms with Crippen molar-refractivity contribution in [1.29, 1.82) is 0 Å². The lowest BCUT2D eigenvalue weighted by Crippen LogP contribution is -2.15. The van der Waals surface area contributed by atoms with E-state index in [0.717, 1.165) is 18.5 Å². The Labute approximate surface area is 108 Å². The van der Waals surface area contributed by atoms with Gasteiger partial charge < -0.3 is 5.73 Å². The molecule has 1 saturated carbocycles. The van der Waals surface area contributed by atoms with Crippen molar-refractivity contribution < 1.29 is 8.42 Å². The van der Waals surface area contributed by atoms with E-state index in [9.17, 15) is 8.42 Å². The molecule has 1 aromatic rings. The number of hydrogen-bond donors (Lipinski definition) is 1. The average molecular weight is 271 g/mol. The number of anilines is 1. The lowest BCUT2D eigenvalue weighted by atomic mass is 10.0. The van der Waals surface area contributed by atoms with E-state index in [-0.39, 0.29) is 11.5 Å². The Hall–Kier alpha value is -1.04. The Bertz CT molecular complexity index is 501. The van der Waals surface area contributed by atoms with Crippen LogP contribution in [0.3, 0.4) is 0 Å². The molecule has 1 heterocycles. The summed E-state index contributed by atoms with van der Waals surface area (Å²) in [5.74, 6) is 0.780. The minimum absolute atomic E-state index is 0.134. The molecule has 1 aliphatic rings. The van der Waals surface area contributed by atoms with Gasteiger partial charge in [-0.1, -0.05) is 19.8 Å². The number of nitrogens with zero attached hydrogens (tertiary/aromatic N) is 2. The van der Waals surface area contributed by atoms with Gasteiger partial charge in [0.1, 0.15) is 0 Å². The van der Waals surface area contributed by atoms with Gasteiger partial charge in [-0.25, -0.2) is 8.42 Å². The van der Waals surface area contributed by atoms with Crippen LogP contribution in [0.4, 0.5) is 5.69 Å². The van der Waals surface area contributed by atoms with E-state index < -0.39 is 9.84 Å². The van der Waals surface area contributed by atoms with Gasteiger partial charge in [-0.15, -0.1) is 0 Å². The lowest BCUT2D eigenvalue weighted by molar-refractivity contribution is 0.575. The molecule has 6 heteroatoms. The molecule has 0 atom stereocenters. The molecule has 0 saturated heterocycles. The summed E-state index contributed by atoms with van der Waals surface area (Å²) in [6.45, 7) is 2.06. The first kappa shape index (κ1) is 13.4. The van der Waals surface area contributed by atoms with Crippen molar-refractivity contribution in [2.24, 2.45) is 0 Å². The Kier molecular flexibility index (Phi) is 3.94. The van der Waals surface area contributed by atoms with Gasteiger partial charge in [0.05, 0.1) is 23.7 Å². The Morgan fingerprint density at radius 3 is 2.72 bits per heavy atom. The van der Waals surface area contributed by atoms with Gasteiger partial charge >= 0.3 is 0 Å². The van der Waals surface area contributed by atoms with E-state index in [2.05, 4.69) is 5.10 Å². The van der Waals surface area contributed by atoms with Gasteiger partial charge in [0.25, 0.3) is 0 Å². The monoisotopic (exact) mass is 271 g/mol. The minimum Gasteiger partial charge on any atom is -0.396 e. The third-order valence-corrected chi connectivity index (χ3v) is 5.32. The largest absolute Gasteiger partial charge is 0.396 e. The first-order valence-electron chi connectivity index (χ1n) is 6.55. The van der Waals surface area contributed by atoms with Crippen molar-refractivity contribution in [3.63, 3.8) is 0 Å². The molecule has 1 fully saturated rings. The predicted octanol–water partition coefficient (Wildman–Crippen LogP) is 1.56. The molecular weight excluding hydrogens is 250 g/mol. The molecule has 0 unspecified atom stereocenters. The zero-order valence-corrected chi connectivity index (χ0v) is 11.6. The van der Waals surface area contributed by atoms with Crippen LogP contribution in [0.15, 0.2) is 6.20 Å². The van der Waals surface area contributed by atoms with Gasteiger partial charge in [-0.2, -0.15) is 5.10 Å². The fourth-order valence-corrected chi connectivity index (χ4v) is 3.21. The molecule has 0 spiro atoms. The molecule has 2 rings (SSSR count). The van der Waals surface area contributed by atoms with E-state index in [0.29, 0.717) is 18.2 Å². The van der Waals surface area contributed by atoms with Crippen LogP contribution in [0.1, 0.15) is 44.2 Å². The summed E-state index contributed by atoms with van der Waals surface area (Å²) in [4.78, 5) is 0. The van der Waals surface area contributed by atoms with Crippen LogP contribution >= 0.6 is 0 Å². The SMILES string of the molecule is CCS(=O)(=O)CCn1cc(N)c(C2CCCC2)n1. The van der Waals surface area contributed by atoms with Gasteiger partial charge in [0.2, 0.25) is 0 Å². The van der Waals surface area contributed by atoms with E-state index in [4.69, 9.17) is 5.73 Å². The third-order valence-electron chi connectivity index (χ3n) is 3.63. The maximum absolute atomic E-state index is 11.4. The summed E-state index contributed by atoms with van der Waals surface area (Å²) >= 11 is 0. The number of nitrogens with two attached hydrogens (primary N) is 1. The Balaban J connectivity index is 2.04. The molecule has 5 nitrogen and oxygen atoms in total. The van der Waals surface area contributed by atoms with Crippen molar-refractivity contribution in [3.05, 3.63) is 11.9 Å². The summed E-state index contributed by atoms with van der Waals surface area (Å²) in [7, 11) is -2.94. The van der Waals surface area contributed by atoms with Crippen LogP contribution in [0.5, 0.6) is 0 Å². The molecule has 0 aromatic carbocycles. The number of sulfone groups is 1. The van der Waals surface area contributed by atoms with Gasteiger partial charge in [0, 0.05) is 17.9 Å². The summed E-state index contributed by atoms with van der Waals surface area (Å²) < 4.78 is 24.6. The summed E-state index contributed by atoms with van der Waals surface area (Å²) in [5.41, 5.74) is 7.62. The highest BCUT2D eigenvalue weighted by Crippen LogP contribution is 2.35. The molecule has 1 aromatic heterocycles. The average Bonchev–Trinajstić information content (AvgIpc) is 2.95. The maximum atomic E-state index is 11.4. The van der Waals surface area contributed by atoms with E-state index >= 15 is 0 Å². The van der Waals surface area contributed by atoms with Gasteiger partial charge in [0.15, 0.2) is 9.84 Å². The molecule has 0 aliphatic heterocycles. The van der Waals surface area contributed by atoms with E-state index in [1.807, 2.05) is 0 Å². The van der Waals surface area contributed by atoms with Gasteiger partial charge in [-0.3, -0.25) is 4.68 Å². The second-order valence-electron chi connectivity index (χ2n) is 4.95. The Morgan fingerprint density at radius 2 is 2.11 bits per heavy atom. The maximum Gasteiger partial charge on any atom is 0.151 e. The topological polar surface area (TPSA) is 78.0 Å². The molecular formula is C12H21N3O2S. The molecule has 0 amide bonds. The fourth-order valence-electron chi connectivity index (χ4n) is 2.46. The number of aromatic nitrogens is 2. The van der Waals surface area contributed by atoms with Crippen molar-refractivity contribution in [2.75, 3.05) is 17.2 Å². The van der Waals surface area contributed by atoms with Crippen molar-refractivity contribution >= 4 is 15.5 Å². The van der Waals surface area contributed by atoms with Crippen LogP contribution in [-0.4, -0.2) is 29.7 Å². The highest BCUT2D eigenvalue weighted by Gasteiger charge is 2.22. The molecule has 1 aliphatic carbocycles. The van der Waals surface area contributed by atoms with E-state index in [1.165, 1.54) is 12.8 Å². The standard InChI is InChI=1S/C12H21N3O2S/c1-2-18(16,17)8-7-15-9-11(13)12(14-15)10-5-3-4-6-10/h9-10H,2-8,13H2,1H3. The second kappa shape index (κ2) is 5.30. The quantitative estimate of drug-likeness (QED) is 0.881. The van der Waals surface area contributed by atoms with E-state index in [1.54, 1.807) is 17.8 Å². The van der Waals surface area contributed by atoms with Crippen LogP contribution < -0.4 is 5.73 Å². The molecule has 18 heavy (non-hydrogen) atoms. The smallest absolute Gasteiger partial charge is 0.151 e. The molecule has 2 N–H and O–H groups in total. The zero-order valence-electron chi connectivity index (χ0n) is 10.8. The first-order chi connectivity index (χ1) is 8.52. The molecule has 0 bridgehead atoms. The zero-order chi connectivity index (χ0) is 13.2. The summed E-state index contributed by atoms with van der Waals surface area (Å²) in [6.07, 6.45) is 6.53. The fraction of sp³-hybridized carbons (Fsp3) is 0.750. The summed E-state index contributed by atoms with van der Waals surface area (Å²) in [6, 6.07) is 0. The van der Waals surface area contributed by atoms with Crippen LogP contribution in [0, 0.1) is 0 Å². The summed E-state index contributed by atoms with van der Waals surface area (Å²) in [5, 5.41) is 4.46. The normalized spacial score (nSPS) is 17.4. The predicted molar refractivity (Wildman–Crippen MR) is 72.2 cm³/mol. The van der Waals surface area contributed by atoms with Crippen LogP contribution in [-0.2, 0) is 16.4 Å². The second-order valence-corrected chi connectivity index (χ2v) is 7.42. The highest BCUT2D eigenvalue weighted by atomic mass is 32.2. The van der Waals surface area contributed by atoms with Crippen LogP contribution in [0.25, 0.3) is 0 Å². The number of rotatable bonds is 5. The lowest BCUT2D eigenvalue weighted by Gasteiger charge is -2.05. The third kappa shape index (κ3) is 3.04. The minimum atomic E-state index is -2.94. The number of aryl methyl sites for hydroxylation is 1. The van der Waals surface area contributed by atoms with Crippen molar-refractivity contribution in [1.82, 2.24) is 9.78 Å². The first-order valence-corrected chi connectivity index (χ1v) is 8.37. The van der Waals surface area contributed by atoms with Crippen molar-refractivity contribution in [3.8, 4) is 0 Å². The number of hydrogen-bond acceptors (Lipinski definition) is 4.